The number of unbranched alkanes of at least 4 members (excludes halogenated alkanes) is 12. The Kier molecular flexibility index (Phi) is 22.3. The van der Waals surface area contributed by atoms with Crippen LogP contribution in [0, 0.1) is 22.7 Å². The smallest absolute Gasteiger partial charge is 0.357 e. The summed E-state index contributed by atoms with van der Waals surface area (Å²) in [7, 11) is 0. The highest BCUT2D eigenvalue weighted by molar-refractivity contribution is 7.07. The minimum Gasteiger partial charge on any atom is -0.466 e. The van der Waals surface area contributed by atoms with Crippen molar-refractivity contribution in [1.29, 1.82) is 0 Å². The third-order valence-electron chi connectivity index (χ3n) is 13.2. The summed E-state index contributed by atoms with van der Waals surface area (Å²) < 4.78 is 17.2. The molecule has 310 valence electrons. The Bertz CT molecular complexity index is 1160. The van der Waals surface area contributed by atoms with Gasteiger partial charge in [0.05, 0.1) is 12.1 Å². The molecule has 3 atom stereocenters. The van der Waals surface area contributed by atoms with Crippen molar-refractivity contribution in [3.05, 3.63) is 16.6 Å². The molecule has 2 aliphatic carbocycles. The van der Waals surface area contributed by atoms with Crippen molar-refractivity contribution in [3.8, 4) is 0 Å². The van der Waals surface area contributed by atoms with Crippen LogP contribution in [-0.2, 0) is 23.8 Å². The Morgan fingerprint density at radius 3 is 1.93 bits per heavy atom. The SMILES string of the molecule is CCCCCC(CCCCC)CCOC(=O)CCCCCCCN(CCCCCCCC(=O)OC1CC2CCC1(C)C2(C)C)CCOC(=O)c1cscn1. The number of fused-ring (bicyclic) bond motifs is 2. The molecule has 0 radical (unpaired) electrons. The number of nitrogens with zero attached hydrogens (tertiary/aromatic N) is 2. The highest BCUT2D eigenvalue weighted by Crippen LogP contribution is 2.66. The van der Waals surface area contributed by atoms with Crippen molar-refractivity contribution in [2.24, 2.45) is 22.7 Å². The monoisotopic (exact) mass is 775 g/mol. The van der Waals surface area contributed by atoms with Gasteiger partial charge in [0.15, 0.2) is 5.69 Å². The predicted molar refractivity (Wildman–Crippen MR) is 221 cm³/mol. The molecule has 1 heterocycles. The van der Waals surface area contributed by atoms with E-state index in [1.807, 2.05) is 0 Å². The maximum atomic E-state index is 12.7. The number of hydrogen-bond donors (Lipinski definition) is 0. The molecule has 8 nitrogen and oxygen atoms in total. The van der Waals surface area contributed by atoms with Gasteiger partial charge in [0.25, 0.3) is 0 Å². The van der Waals surface area contributed by atoms with E-state index in [9.17, 15) is 14.4 Å². The zero-order valence-corrected chi connectivity index (χ0v) is 36.0. The van der Waals surface area contributed by atoms with Crippen LogP contribution in [0.3, 0.4) is 0 Å². The van der Waals surface area contributed by atoms with Gasteiger partial charge in [-0.1, -0.05) is 125 Å². The fourth-order valence-corrected chi connectivity index (χ4v) is 9.52. The first-order chi connectivity index (χ1) is 26.1. The fourth-order valence-electron chi connectivity index (χ4n) is 9.00. The molecule has 0 spiro atoms. The van der Waals surface area contributed by atoms with Gasteiger partial charge in [0.1, 0.15) is 12.7 Å². The molecule has 0 saturated heterocycles. The number of hydrogen-bond acceptors (Lipinski definition) is 9. The quantitative estimate of drug-likeness (QED) is 0.0406. The molecule has 2 fully saturated rings. The molecule has 54 heavy (non-hydrogen) atoms. The molecule has 0 aromatic carbocycles. The van der Waals surface area contributed by atoms with E-state index in [4.69, 9.17) is 14.2 Å². The zero-order chi connectivity index (χ0) is 39.1. The Morgan fingerprint density at radius 2 is 1.37 bits per heavy atom. The summed E-state index contributed by atoms with van der Waals surface area (Å²) in [6, 6.07) is 0. The lowest BCUT2D eigenvalue weighted by molar-refractivity contribution is -0.157. The van der Waals surface area contributed by atoms with Crippen molar-refractivity contribution < 1.29 is 28.6 Å². The van der Waals surface area contributed by atoms with E-state index in [0.29, 0.717) is 50.1 Å². The van der Waals surface area contributed by atoms with Gasteiger partial charge in [-0.15, -0.1) is 11.3 Å². The molecule has 0 aliphatic heterocycles. The molecule has 1 aromatic rings. The Hall–Kier alpha value is -2.00. The van der Waals surface area contributed by atoms with Crippen LogP contribution in [-0.4, -0.2) is 66.7 Å². The van der Waals surface area contributed by atoms with Crippen LogP contribution in [0.4, 0.5) is 0 Å². The lowest BCUT2D eigenvalue weighted by Crippen LogP contribution is -2.38. The van der Waals surface area contributed by atoms with Gasteiger partial charge in [0.2, 0.25) is 0 Å². The van der Waals surface area contributed by atoms with Gasteiger partial charge >= 0.3 is 17.9 Å². The lowest BCUT2D eigenvalue weighted by atomic mass is 9.70. The molecule has 0 amide bonds. The number of rotatable bonds is 32. The lowest BCUT2D eigenvalue weighted by Gasteiger charge is -2.38. The van der Waals surface area contributed by atoms with Crippen molar-refractivity contribution >= 4 is 29.2 Å². The van der Waals surface area contributed by atoms with Gasteiger partial charge in [-0.25, -0.2) is 9.78 Å². The number of carbonyl (C=O) groups is 3. The number of thiazole rings is 1. The second-order valence-corrected chi connectivity index (χ2v) is 18.1. The zero-order valence-electron chi connectivity index (χ0n) is 35.1. The minimum atomic E-state index is -0.356. The maximum Gasteiger partial charge on any atom is 0.357 e. The van der Waals surface area contributed by atoms with E-state index in [1.54, 1.807) is 10.9 Å². The molecular weight excluding hydrogens is 697 g/mol. The van der Waals surface area contributed by atoms with E-state index in [2.05, 4.69) is 44.5 Å². The van der Waals surface area contributed by atoms with Gasteiger partial charge in [0, 0.05) is 30.2 Å². The van der Waals surface area contributed by atoms with Gasteiger partial charge < -0.3 is 14.2 Å². The van der Waals surface area contributed by atoms with Crippen LogP contribution in [0.15, 0.2) is 10.9 Å². The van der Waals surface area contributed by atoms with Crippen molar-refractivity contribution in [1.82, 2.24) is 9.88 Å². The molecule has 2 aliphatic rings. The van der Waals surface area contributed by atoms with E-state index >= 15 is 0 Å². The summed E-state index contributed by atoms with van der Waals surface area (Å²) in [5, 5.41) is 1.72. The van der Waals surface area contributed by atoms with Crippen LogP contribution in [0.2, 0.25) is 0 Å². The Labute approximate surface area is 333 Å². The molecule has 0 N–H and O–H groups in total. The first-order valence-electron chi connectivity index (χ1n) is 22.2. The van der Waals surface area contributed by atoms with Crippen molar-refractivity contribution in [3.63, 3.8) is 0 Å². The van der Waals surface area contributed by atoms with Crippen molar-refractivity contribution in [2.45, 2.75) is 195 Å². The van der Waals surface area contributed by atoms with Crippen LogP contribution in [0.5, 0.6) is 0 Å². The summed E-state index contributed by atoms with van der Waals surface area (Å²) in [5.41, 5.74) is 2.41. The molecule has 3 rings (SSSR count). The number of ether oxygens (including phenoxy) is 3. The summed E-state index contributed by atoms with van der Waals surface area (Å²) in [6.45, 7) is 15.1. The average Bonchev–Trinajstić information content (AvgIpc) is 3.81. The van der Waals surface area contributed by atoms with Crippen LogP contribution >= 0.6 is 11.3 Å². The minimum absolute atomic E-state index is 0.0161. The van der Waals surface area contributed by atoms with Gasteiger partial charge in [-0.3, -0.25) is 14.5 Å². The first kappa shape index (κ1) is 46.4. The van der Waals surface area contributed by atoms with E-state index in [0.717, 1.165) is 90.1 Å². The van der Waals surface area contributed by atoms with E-state index in [1.165, 1.54) is 75.5 Å². The Balaban J connectivity index is 1.25. The van der Waals surface area contributed by atoms with Crippen LogP contribution in [0.1, 0.15) is 199 Å². The Morgan fingerprint density at radius 1 is 0.759 bits per heavy atom. The summed E-state index contributed by atoms with van der Waals surface area (Å²) in [4.78, 5) is 43.9. The summed E-state index contributed by atoms with van der Waals surface area (Å²) in [6.07, 6.45) is 26.3. The number of carbonyl (C=O) groups excluding carboxylic acids is 3. The van der Waals surface area contributed by atoms with Gasteiger partial charge in [-0.2, -0.15) is 0 Å². The molecule has 9 heteroatoms. The highest BCUT2D eigenvalue weighted by atomic mass is 32.1. The number of aromatic nitrogens is 1. The third kappa shape index (κ3) is 16.2. The summed E-state index contributed by atoms with van der Waals surface area (Å²) >= 11 is 1.39. The molecule has 3 unspecified atom stereocenters. The second kappa shape index (κ2) is 26.0. The fraction of sp³-hybridized carbons (Fsp3) is 0.867. The van der Waals surface area contributed by atoms with Crippen LogP contribution < -0.4 is 0 Å². The normalized spacial score (nSPS) is 20.2. The topological polar surface area (TPSA) is 95.0 Å². The second-order valence-electron chi connectivity index (χ2n) is 17.3. The van der Waals surface area contributed by atoms with Crippen molar-refractivity contribution in [2.75, 3.05) is 32.8 Å². The van der Waals surface area contributed by atoms with E-state index < -0.39 is 0 Å². The molecule has 2 bridgehead atoms. The largest absolute Gasteiger partial charge is 0.466 e. The van der Waals surface area contributed by atoms with Gasteiger partial charge in [-0.05, 0) is 81.7 Å². The van der Waals surface area contributed by atoms with Crippen LogP contribution in [0.25, 0.3) is 0 Å². The van der Waals surface area contributed by atoms with E-state index in [-0.39, 0.29) is 34.8 Å². The molecule has 1 aromatic heterocycles. The number of esters is 3. The molecule has 2 saturated carbocycles. The average molecular weight is 775 g/mol. The maximum absolute atomic E-state index is 12.7. The predicted octanol–water partition coefficient (Wildman–Crippen LogP) is 11.8. The standard InChI is InChI=1S/C45H78N2O6S/c1-6-8-16-22-37(23-17-9-7-2)27-32-51-41(48)24-18-12-10-14-20-29-47(31-33-52-43(50)39-35-54-36-46-39)30-21-15-11-13-19-25-42(49)53-40-34-38-26-28-45(40,5)44(38,3)4/h35-38,40H,6-34H2,1-5H3. The summed E-state index contributed by atoms with van der Waals surface area (Å²) in [5.74, 6) is 0.961. The third-order valence-corrected chi connectivity index (χ3v) is 13.8. The molecular formula is C45H78N2O6S. The first-order valence-corrected chi connectivity index (χ1v) is 23.2. The highest BCUT2D eigenvalue weighted by Gasteiger charge is 2.62.